The molecule has 10 heteroatoms. The Balaban J connectivity index is 0.00000181. The fourth-order valence-electron chi connectivity index (χ4n) is 5.22. The van der Waals surface area contributed by atoms with Crippen LogP contribution in [0.5, 0.6) is 17.2 Å². The minimum Gasteiger partial charge on any atom is -1.00 e. The van der Waals surface area contributed by atoms with E-state index >= 15 is 0 Å². The van der Waals surface area contributed by atoms with Gasteiger partial charge in [-0.3, -0.25) is 0 Å². The minimum atomic E-state index is 0. The summed E-state index contributed by atoms with van der Waals surface area (Å²) in [6.45, 7) is 11.5. The summed E-state index contributed by atoms with van der Waals surface area (Å²) in [7, 11) is 4.94. The lowest BCUT2D eigenvalue weighted by molar-refractivity contribution is -0.932. The van der Waals surface area contributed by atoms with Crippen molar-refractivity contribution in [3.63, 3.8) is 0 Å². The van der Waals surface area contributed by atoms with Crippen LogP contribution < -0.4 is 31.9 Å². The first-order valence-electron chi connectivity index (χ1n) is 13.0. The number of hydrogen-bond acceptors (Lipinski definition) is 6. The van der Waals surface area contributed by atoms with Crippen LogP contribution in [0.1, 0.15) is 39.2 Å². The van der Waals surface area contributed by atoms with Gasteiger partial charge in [0, 0.05) is 17.8 Å². The second-order valence-electron chi connectivity index (χ2n) is 10.2. The Bertz CT molecular complexity index is 1040. The van der Waals surface area contributed by atoms with Gasteiger partial charge in [-0.05, 0) is 55.7 Å². The Morgan fingerprint density at radius 2 is 1.59 bits per heavy atom. The average Bonchev–Trinajstić information content (AvgIpc) is 2.91. The highest BCUT2D eigenvalue weighted by atomic mass is 35.5. The number of hydrogen-bond donors (Lipinski definition) is 2. The standard InChI is InChI=1S/C28H41Cl2N2O3.CHNO.ClH/c1-7-32(12-10-20(11-13-32)14-21-8-9-23(29)24(30)15-21)18-25(19(2)3)31-22-16-26(33-4)28(35-6)27(17-22)34-5;2-1-3;/h8-9,15-17,19-20,25,31H,7,10-14,18H2,1-6H3;2H;1H/q+1;;/p-1/t20?,25-,32?;;/m0../s1. The van der Waals surface area contributed by atoms with Crippen LogP contribution in [0.25, 0.3) is 0 Å². The monoisotopic (exact) mass is 601 g/mol. The van der Waals surface area contributed by atoms with Gasteiger partial charge in [-0.1, -0.05) is 43.1 Å². The molecule has 3 rings (SSSR count). The van der Waals surface area contributed by atoms with E-state index in [9.17, 15) is 0 Å². The third kappa shape index (κ3) is 9.77. The molecule has 2 aromatic rings. The Labute approximate surface area is 249 Å². The highest BCUT2D eigenvalue weighted by molar-refractivity contribution is 6.42. The van der Waals surface area contributed by atoms with Crippen molar-refractivity contribution in [3.8, 4) is 17.2 Å². The number of piperidine rings is 1. The maximum atomic E-state index is 8.35. The van der Waals surface area contributed by atoms with E-state index in [-0.39, 0.29) is 12.4 Å². The number of isocyanates is 1. The van der Waals surface area contributed by atoms with Crippen LogP contribution in [0.2, 0.25) is 10.0 Å². The van der Waals surface area contributed by atoms with Crippen LogP contribution in [-0.4, -0.2) is 64.1 Å². The molecule has 1 aliphatic heterocycles. The lowest BCUT2D eigenvalue weighted by Gasteiger charge is -2.46. The molecule has 0 spiro atoms. The van der Waals surface area contributed by atoms with Gasteiger partial charge in [-0.2, -0.15) is 0 Å². The Morgan fingerprint density at radius 1 is 1.03 bits per heavy atom. The van der Waals surface area contributed by atoms with Crippen LogP contribution >= 0.6 is 23.2 Å². The van der Waals surface area contributed by atoms with E-state index in [1.807, 2.05) is 24.3 Å². The molecule has 2 N–H and O–H groups in total. The summed E-state index contributed by atoms with van der Waals surface area (Å²) < 4.78 is 17.8. The SMILES string of the molecule is CC[N+]1(C[C@H](Nc2cc(OC)c(OC)c(OC)c2)C(C)C)CCC(Cc2ccc(Cl)c(Cl)c2)CC1.N=C=O.[Cl-]. The molecule has 0 aliphatic carbocycles. The fraction of sp³-hybridized carbons (Fsp3) is 0.552. The van der Waals surface area contributed by atoms with Crippen LogP contribution in [0.4, 0.5) is 5.69 Å². The zero-order chi connectivity index (χ0) is 28.3. The second-order valence-corrected chi connectivity index (χ2v) is 11.0. The molecule has 1 fully saturated rings. The lowest BCUT2D eigenvalue weighted by Crippen LogP contribution is -3.00. The van der Waals surface area contributed by atoms with Gasteiger partial charge >= 0.3 is 0 Å². The second kappa shape index (κ2) is 16.8. The van der Waals surface area contributed by atoms with Crippen molar-refractivity contribution >= 4 is 35.0 Å². The Morgan fingerprint density at radius 3 is 2.03 bits per heavy atom. The number of nitrogens with one attached hydrogen (secondary N) is 2. The van der Waals surface area contributed by atoms with E-state index in [2.05, 4.69) is 32.2 Å². The smallest absolute Gasteiger partial charge is 0.231 e. The molecule has 1 saturated heterocycles. The van der Waals surface area contributed by atoms with Crippen molar-refractivity contribution in [2.75, 3.05) is 52.8 Å². The van der Waals surface area contributed by atoms with Gasteiger partial charge in [-0.15, -0.1) is 0 Å². The third-order valence-corrected chi connectivity index (χ3v) is 8.35. The summed E-state index contributed by atoms with van der Waals surface area (Å²) in [6.07, 6.45) is 4.27. The van der Waals surface area contributed by atoms with Gasteiger partial charge in [0.1, 0.15) is 0 Å². The van der Waals surface area contributed by atoms with Gasteiger partial charge in [0.25, 0.3) is 0 Å². The molecule has 218 valence electrons. The molecule has 2 aromatic carbocycles. The molecule has 1 heterocycles. The van der Waals surface area contributed by atoms with Crippen molar-refractivity contribution in [3.05, 3.63) is 45.9 Å². The largest absolute Gasteiger partial charge is 1.00 e. The van der Waals surface area contributed by atoms with Crippen LogP contribution in [0.3, 0.4) is 0 Å². The van der Waals surface area contributed by atoms with E-state index in [1.54, 1.807) is 21.3 Å². The molecule has 7 nitrogen and oxygen atoms in total. The lowest BCUT2D eigenvalue weighted by atomic mass is 9.88. The number of likely N-dealkylation sites (N-methyl/N-ethyl adjacent to an activating group) is 1. The quantitative estimate of drug-likeness (QED) is 0.232. The number of nitrogens with zero attached hydrogens (tertiary/aromatic N) is 1. The molecule has 0 saturated carbocycles. The van der Waals surface area contributed by atoms with E-state index in [1.165, 1.54) is 31.5 Å². The van der Waals surface area contributed by atoms with Crippen molar-refractivity contribution in [2.24, 2.45) is 11.8 Å². The molecule has 0 radical (unpaired) electrons. The highest BCUT2D eigenvalue weighted by Crippen LogP contribution is 2.40. The number of quaternary nitrogens is 1. The Kier molecular flexibility index (Phi) is 15.1. The van der Waals surface area contributed by atoms with E-state index in [4.69, 9.17) is 47.6 Å². The summed E-state index contributed by atoms with van der Waals surface area (Å²) >= 11 is 12.3. The maximum absolute atomic E-state index is 8.35. The maximum Gasteiger partial charge on any atom is 0.231 e. The van der Waals surface area contributed by atoms with Gasteiger partial charge < -0.3 is 36.4 Å². The summed E-state index contributed by atoms with van der Waals surface area (Å²) in [5.74, 6) is 3.11. The topological polar surface area (TPSA) is 80.6 Å². The number of ether oxygens (including phenoxy) is 3. The average molecular weight is 603 g/mol. The summed E-state index contributed by atoms with van der Waals surface area (Å²) in [5.41, 5.74) is 2.27. The van der Waals surface area contributed by atoms with Gasteiger partial charge in [0.05, 0.1) is 63.6 Å². The first-order chi connectivity index (χ1) is 18.1. The molecule has 0 unspecified atom stereocenters. The van der Waals surface area contributed by atoms with Crippen molar-refractivity contribution in [2.45, 2.75) is 46.1 Å². The molecule has 1 atom stereocenters. The first kappa shape index (κ1) is 34.9. The van der Waals surface area contributed by atoms with Crippen molar-refractivity contribution in [1.29, 1.82) is 5.41 Å². The number of halogens is 3. The van der Waals surface area contributed by atoms with Gasteiger partial charge in [0.15, 0.2) is 11.5 Å². The summed E-state index contributed by atoms with van der Waals surface area (Å²) in [5, 5.41) is 10.5. The molecule has 0 aromatic heterocycles. The summed E-state index contributed by atoms with van der Waals surface area (Å²) in [4.78, 5) is 8.35. The highest BCUT2D eigenvalue weighted by Gasteiger charge is 2.36. The van der Waals surface area contributed by atoms with Crippen LogP contribution in [0, 0.1) is 17.2 Å². The molecule has 39 heavy (non-hydrogen) atoms. The van der Waals surface area contributed by atoms with Crippen molar-refractivity contribution in [1.82, 2.24) is 0 Å². The number of benzene rings is 2. The minimum absolute atomic E-state index is 0. The first-order valence-corrected chi connectivity index (χ1v) is 13.8. The van der Waals surface area contributed by atoms with E-state index in [0.29, 0.717) is 45.2 Å². The third-order valence-electron chi connectivity index (χ3n) is 7.61. The molecule has 1 aliphatic rings. The molecule has 0 amide bonds. The van der Waals surface area contributed by atoms with E-state index in [0.717, 1.165) is 35.8 Å². The molecular weight excluding hydrogens is 561 g/mol. The zero-order valence-electron chi connectivity index (χ0n) is 23.8. The molecule has 0 bridgehead atoms. The fourth-order valence-corrected chi connectivity index (χ4v) is 5.54. The predicted octanol–water partition coefficient (Wildman–Crippen LogP) is 3.85. The number of carbonyl (C=O) groups excluding carboxylic acids is 1. The number of likely N-dealkylation sites (tertiary alicyclic amines) is 1. The van der Waals surface area contributed by atoms with Crippen LogP contribution in [0.15, 0.2) is 30.3 Å². The number of anilines is 1. The number of rotatable bonds is 11. The zero-order valence-corrected chi connectivity index (χ0v) is 26.1. The van der Waals surface area contributed by atoms with Crippen molar-refractivity contribution < 1.29 is 35.9 Å². The summed E-state index contributed by atoms with van der Waals surface area (Å²) in [6, 6.07) is 10.4. The van der Waals surface area contributed by atoms with Gasteiger partial charge in [0.2, 0.25) is 11.8 Å². The molecular formula is C29H42Cl3N3O4. The van der Waals surface area contributed by atoms with Gasteiger partial charge in [-0.25, -0.2) is 10.2 Å². The number of methoxy groups -OCH3 is 3. The normalized spacial score (nSPS) is 19.1. The Hall–Kier alpha value is -2.15. The van der Waals surface area contributed by atoms with Crippen LogP contribution in [-0.2, 0) is 11.2 Å². The van der Waals surface area contributed by atoms with E-state index < -0.39 is 0 Å². The predicted molar refractivity (Wildman–Crippen MR) is 155 cm³/mol.